The molecule has 0 bridgehead atoms. The van der Waals surface area contributed by atoms with Gasteiger partial charge < -0.3 is 5.32 Å². The van der Waals surface area contributed by atoms with Crippen LogP contribution in [-0.2, 0) is 4.79 Å². The van der Waals surface area contributed by atoms with Crippen LogP contribution in [0.5, 0.6) is 0 Å². The average molecular weight is 465 g/mol. The van der Waals surface area contributed by atoms with E-state index in [1.54, 1.807) is 0 Å². The van der Waals surface area contributed by atoms with Gasteiger partial charge in [-0.15, -0.1) is 0 Å². The van der Waals surface area contributed by atoms with Crippen molar-refractivity contribution in [3.8, 4) is 0 Å². The van der Waals surface area contributed by atoms with Crippen LogP contribution in [0.1, 0.15) is 29.5 Å². The van der Waals surface area contributed by atoms with Gasteiger partial charge >= 0.3 is 0 Å². The second-order valence-corrected chi connectivity index (χ2v) is 13.2. The van der Waals surface area contributed by atoms with E-state index in [4.69, 9.17) is 0 Å². The van der Waals surface area contributed by atoms with Gasteiger partial charge in [-0.25, -0.2) is 0 Å². The van der Waals surface area contributed by atoms with Crippen molar-refractivity contribution in [1.82, 2.24) is 0 Å². The molecule has 4 aromatic rings. The minimum absolute atomic E-state index is 0.146. The number of benzene rings is 4. The van der Waals surface area contributed by atoms with E-state index in [1.807, 2.05) is 0 Å². The maximum Gasteiger partial charge on any atom is 0.269 e. The van der Waals surface area contributed by atoms with Crippen LogP contribution in [0.2, 0.25) is 0 Å². The monoisotopic (exact) mass is 464 g/mol. The quantitative estimate of drug-likeness (QED) is 0.345. The molecule has 1 N–H and O–H groups in total. The van der Waals surface area contributed by atoms with Crippen molar-refractivity contribution in [1.29, 1.82) is 0 Å². The fraction of sp³-hybridized carbons (Fsp3) is 0.194. The lowest BCUT2D eigenvalue weighted by atomic mass is 10.0. The summed E-state index contributed by atoms with van der Waals surface area (Å²) in [6.45, 7) is 6.27. The molecular weight excluding hydrogens is 433 g/mol. The van der Waals surface area contributed by atoms with E-state index in [9.17, 15) is 4.79 Å². The highest BCUT2D eigenvalue weighted by atomic mass is 31.2. The number of aryl methyl sites for hydroxylation is 3. The van der Waals surface area contributed by atoms with E-state index in [-0.39, 0.29) is 5.91 Å². The lowest BCUT2D eigenvalue weighted by molar-refractivity contribution is -0.116. The summed E-state index contributed by atoms with van der Waals surface area (Å²) in [5.41, 5.74) is 4.40. The van der Waals surface area contributed by atoms with Gasteiger partial charge in [0.15, 0.2) is 5.16 Å². The second-order valence-electron chi connectivity index (χ2n) is 9.44. The number of nitrogens with one attached hydrogen (secondary N) is 1. The summed E-state index contributed by atoms with van der Waals surface area (Å²) in [5, 5.41) is 6.72. The molecule has 1 amide bonds. The molecule has 0 heterocycles. The van der Waals surface area contributed by atoms with Gasteiger partial charge in [0.2, 0.25) is 0 Å². The number of hydrogen-bond donors (Lipinski definition) is 1. The summed E-state index contributed by atoms with van der Waals surface area (Å²) >= 11 is 0. The molecule has 1 aliphatic rings. The third-order valence-corrected chi connectivity index (χ3v) is 12.3. The highest BCUT2D eigenvalue weighted by Gasteiger charge is 2.73. The minimum atomic E-state index is -2.29. The lowest BCUT2D eigenvalue weighted by Gasteiger charge is -2.34. The molecule has 0 aliphatic heterocycles. The number of carbonyl (C=O) groups is 1. The SMILES string of the molecule is Cc1cc(C)c(NC(=O)C2([P+](c3ccccc3)(c3ccccc3)c3ccccc3)CC2)c(C)c1. The van der Waals surface area contributed by atoms with E-state index in [0.717, 1.165) is 29.7 Å². The largest absolute Gasteiger partial charge is 0.322 e. The van der Waals surface area contributed by atoms with Crippen LogP contribution in [0.4, 0.5) is 5.69 Å². The molecule has 1 saturated carbocycles. The molecular formula is C31H31NOP+. The first-order chi connectivity index (χ1) is 16.5. The van der Waals surface area contributed by atoms with Gasteiger partial charge in [-0.05, 0) is 68.3 Å². The third-order valence-electron chi connectivity index (χ3n) is 7.13. The van der Waals surface area contributed by atoms with E-state index >= 15 is 0 Å². The van der Waals surface area contributed by atoms with Crippen LogP contribution < -0.4 is 21.2 Å². The predicted octanol–water partition coefficient (Wildman–Crippen LogP) is 6.08. The molecule has 34 heavy (non-hydrogen) atoms. The fourth-order valence-electron chi connectivity index (χ4n) is 5.58. The summed E-state index contributed by atoms with van der Waals surface area (Å²) in [7, 11) is -2.29. The van der Waals surface area contributed by atoms with Crippen molar-refractivity contribution in [2.75, 3.05) is 5.32 Å². The Bertz CT molecular complexity index is 1190. The topological polar surface area (TPSA) is 29.1 Å². The first kappa shape index (κ1) is 22.6. The molecule has 0 atom stereocenters. The number of amides is 1. The standard InChI is InChI=1S/C31H30NOP/c1-23-21-24(2)29(25(3)22-23)32-30(33)31(19-20-31)34(26-13-7-4-8-14-26,27-15-9-5-10-16-27)28-17-11-6-12-18-28/h4-18,21-22H,19-20H2,1-3H3/p+1. The van der Waals surface area contributed by atoms with Crippen LogP contribution in [-0.4, -0.2) is 11.1 Å². The van der Waals surface area contributed by atoms with Crippen LogP contribution in [0.25, 0.3) is 0 Å². The maximum atomic E-state index is 14.4. The molecule has 5 rings (SSSR count). The van der Waals surface area contributed by atoms with E-state index < -0.39 is 12.4 Å². The maximum absolute atomic E-state index is 14.4. The van der Waals surface area contributed by atoms with Gasteiger partial charge in [0.05, 0.1) is 0 Å². The molecule has 1 aliphatic carbocycles. The molecule has 3 heteroatoms. The molecule has 2 nitrogen and oxygen atoms in total. The number of hydrogen-bond acceptors (Lipinski definition) is 1. The van der Waals surface area contributed by atoms with E-state index in [2.05, 4.69) is 129 Å². The predicted molar refractivity (Wildman–Crippen MR) is 146 cm³/mol. The zero-order valence-corrected chi connectivity index (χ0v) is 21.0. The van der Waals surface area contributed by atoms with Gasteiger partial charge in [-0.2, -0.15) is 0 Å². The number of anilines is 1. The number of rotatable bonds is 6. The molecule has 1 fully saturated rings. The smallest absolute Gasteiger partial charge is 0.269 e. The summed E-state index contributed by atoms with van der Waals surface area (Å²) in [6.07, 6.45) is 1.77. The Hall–Kier alpha value is -3.22. The van der Waals surface area contributed by atoms with E-state index in [0.29, 0.717) is 0 Å². The molecule has 0 radical (unpaired) electrons. The Morgan fingerprint density at radius 2 is 1.06 bits per heavy atom. The van der Waals surface area contributed by atoms with Crippen molar-refractivity contribution in [3.05, 3.63) is 120 Å². The van der Waals surface area contributed by atoms with Crippen LogP contribution in [0, 0.1) is 20.8 Å². The van der Waals surface area contributed by atoms with Gasteiger partial charge in [0.25, 0.3) is 5.91 Å². The lowest BCUT2D eigenvalue weighted by Crippen LogP contribution is -2.46. The summed E-state index contributed by atoms with van der Waals surface area (Å²) < 4.78 is 0. The van der Waals surface area contributed by atoms with Crippen molar-refractivity contribution in [2.45, 2.75) is 38.8 Å². The molecule has 0 saturated heterocycles. The van der Waals surface area contributed by atoms with Gasteiger partial charge in [-0.3, -0.25) is 4.79 Å². The average Bonchev–Trinajstić information content (AvgIpc) is 3.66. The summed E-state index contributed by atoms with van der Waals surface area (Å²) in [6, 6.07) is 36.5. The highest BCUT2D eigenvalue weighted by molar-refractivity contribution is 7.97. The van der Waals surface area contributed by atoms with Crippen molar-refractivity contribution in [3.63, 3.8) is 0 Å². The van der Waals surface area contributed by atoms with Crippen LogP contribution in [0.15, 0.2) is 103 Å². The van der Waals surface area contributed by atoms with E-state index in [1.165, 1.54) is 21.5 Å². The third kappa shape index (κ3) is 3.58. The molecule has 170 valence electrons. The molecule has 0 unspecified atom stereocenters. The van der Waals surface area contributed by atoms with Gasteiger partial charge in [0, 0.05) is 18.5 Å². The minimum Gasteiger partial charge on any atom is -0.322 e. The number of carbonyl (C=O) groups excluding carboxylic acids is 1. The first-order valence-corrected chi connectivity index (χ1v) is 13.7. The van der Waals surface area contributed by atoms with Gasteiger partial charge in [-0.1, -0.05) is 72.3 Å². The Morgan fingerprint density at radius 3 is 1.41 bits per heavy atom. The first-order valence-electron chi connectivity index (χ1n) is 11.9. The Balaban J connectivity index is 1.74. The van der Waals surface area contributed by atoms with Crippen LogP contribution in [0.3, 0.4) is 0 Å². The second kappa shape index (κ2) is 8.85. The zero-order valence-electron chi connectivity index (χ0n) is 20.1. The zero-order chi connectivity index (χ0) is 23.8. The molecule has 4 aromatic carbocycles. The summed E-state index contributed by atoms with van der Waals surface area (Å²) in [4.78, 5) is 14.4. The normalized spacial score (nSPS) is 14.4. The molecule has 0 spiro atoms. The Kier molecular flexibility index (Phi) is 5.88. The van der Waals surface area contributed by atoms with Crippen molar-refractivity contribution in [2.24, 2.45) is 0 Å². The summed E-state index contributed by atoms with van der Waals surface area (Å²) in [5.74, 6) is 0.146. The Labute approximate surface area is 203 Å². The van der Waals surface area contributed by atoms with Crippen molar-refractivity contribution >= 4 is 34.8 Å². The molecule has 0 aromatic heterocycles. The fourth-order valence-corrected chi connectivity index (χ4v) is 11.0. The van der Waals surface area contributed by atoms with Crippen molar-refractivity contribution < 1.29 is 4.79 Å². The van der Waals surface area contributed by atoms with Gasteiger partial charge in [0.1, 0.15) is 23.2 Å². The Morgan fingerprint density at radius 1 is 0.676 bits per heavy atom. The van der Waals surface area contributed by atoms with Crippen LogP contribution >= 0.6 is 7.26 Å². The highest BCUT2D eigenvalue weighted by Crippen LogP contribution is 2.75.